The normalized spacial score (nSPS) is 19.3. The Labute approximate surface area is 92.8 Å². The molecule has 0 saturated heterocycles. The van der Waals surface area contributed by atoms with E-state index in [0.717, 1.165) is 12.8 Å². The standard InChI is InChI=1S/C9H16N2O3S/c1-5(8(12)11-6-2-3-6)15-4-7(10)9(13)14/h5-7H,2-4,10H2,1H3,(H,11,12)(H,13,14)/t5?,7-/m0/s1. The third-order valence-electron chi connectivity index (χ3n) is 2.14. The average Bonchev–Trinajstić information content (AvgIpc) is 2.96. The fourth-order valence-electron chi connectivity index (χ4n) is 0.941. The number of rotatable bonds is 6. The van der Waals surface area contributed by atoms with Crippen molar-refractivity contribution in [3.63, 3.8) is 0 Å². The van der Waals surface area contributed by atoms with E-state index < -0.39 is 12.0 Å². The maximum atomic E-state index is 11.5. The summed E-state index contributed by atoms with van der Waals surface area (Å²) in [6, 6.07) is -0.556. The first-order valence-corrected chi connectivity index (χ1v) is 5.96. The average molecular weight is 232 g/mol. The number of carboxylic acid groups (broad SMARTS) is 1. The highest BCUT2D eigenvalue weighted by molar-refractivity contribution is 8.00. The number of carboxylic acids is 1. The van der Waals surface area contributed by atoms with E-state index in [-0.39, 0.29) is 16.9 Å². The van der Waals surface area contributed by atoms with Crippen molar-refractivity contribution in [2.24, 2.45) is 5.73 Å². The van der Waals surface area contributed by atoms with Crippen LogP contribution in [0, 0.1) is 0 Å². The van der Waals surface area contributed by atoms with Crippen LogP contribution in [-0.2, 0) is 9.59 Å². The van der Waals surface area contributed by atoms with Crippen molar-refractivity contribution in [2.75, 3.05) is 5.75 Å². The number of carbonyl (C=O) groups is 2. The lowest BCUT2D eigenvalue weighted by molar-refractivity contribution is -0.138. The van der Waals surface area contributed by atoms with Crippen LogP contribution in [0.1, 0.15) is 19.8 Å². The Morgan fingerprint density at radius 3 is 2.67 bits per heavy atom. The molecule has 1 aliphatic carbocycles. The van der Waals surface area contributed by atoms with E-state index in [1.807, 2.05) is 0 Å². The molecule has 0 aliphatic heterocycles. The molecule has 1 fully saturated rings. The SMILES string of the molecule is CC(SC[C@H](N)C(=O)O)C(=O)NC1CC1. The van der Waals surface area contributed by atoms with Crippen LogP contribution in [0.2, 0.25) is 0 Å². The third-order valence-corrected chi connectivity index (χ3v) is 3.40. The summed E-state index contributed by atoms with van der Waals surface area (Å²) in [5.41, 5.74) is 5.33. The molecule has 4 N–H and O–H groups in total. The first kappa shape index (κ1) is 12.3. The van der Waals surface area contributed by atoms with Gasteiger partial charge in [-0.3, -0.25) is 9.59 Å². The molecule has 0 bridgehead atoms. The van der Waals surface area contributed by atoms with Gasteiger partial charge in [-0.05, 0) is 19.8 Å². The molecule has 0 radical (unpaired) electrons. The number of aliphatic carboxylic acids is 1. The molecule has 0 aromatic rings. The highest BCUT2D eigenvalue weighted by atomic mass is 32.2. The molecule has 86 valence electrons. The quantitative estimate of drug-likeness (QED) is 0.589. The zero-order chi connectivity index (χ0) is 11.4. The number of thioether (sulfide) groups is 1. The summed E-state index contributed by atoms with van der Waals surface area (Å²) in [5.74, 6) is -0.799. The Bertz CT molecular complexity index is 256. The maximum absolute atomic E-state index is 11.5. The van der Waals surface area contributed by atoms with Gasteiger partial charge in [0.25, 0.3) is 0 Å². The van der Waals surface area contributed by atoms with Crippen LogP contribution in [0.15, 0.2) is 0 Å². The summed E-state index contributed by atoms with van der Waals surface area (Å²) < 4.78 is 0. The first-order chi connectivity index (χ1) is 7.00. The predicted octanol–water partition coefficient (Wildman–Crippen LogP) is -0.201. The fraction of sp³-hybridized carbons (Fsp3) is 0.778. The molecule has 1 saturated carbocycles. The van der Waals surface area contributed by atoms with E-state index in [1.54, 1.807) is 6.92 Å². The smallest absolute Gasteiger partial charge is 0.321 e. The minimum absolute atomic E-state index is 0.0277. The number of carbonyl (C=O) groups excluding carboxylic acids is 1. The highest BCUT2D eigenvalue weighted by Gasteiger charge is 2.26. The lowest BCUT2D eigenvalue weighted by atomic mass is 10.4. The van der Waals surface area contributed by atoms with Crippen molar-refractivity contribution in [3.8, 4) is 0 Å². The highest BCUT2D eigenvalue weighted by Crippen LogP contribution is 2.20. The molecule has 2 atom stereocenters. The van der Waals surface area contributed by atoms with Gasteiger partial charge < -0.3 is 16.2 Å². The molecule has 1 aliphatic rings. The molecule has 1 unspecified atom stereocenters. The largest absolute Gasteiger partial charge is 0.480 e. The van der Waals surface area contributed by atoms with Gasteiger partial charge in [0.15, 0.2) is 0 Å². The Hall–Kier alpha value is -0.750. The molecule has 1 rings (SSSR count). The minimum Gasteiger partial charge on any atom is -0.480 e. The van der Waals surface area contributed by atoms with Crippen LogP contribution < -0.4 is 11.1 Å². The maximum Gasteiger partial charge on any atom is 0.321 e. The number of nitrogens with two attached hydrogens (primary N) is 1. The molecule has 1 amide bonds. The van der Waals surface area contributed by atoms with Crippen LogP contribution in [0.5, 0.6) is 0 Å². The van der Waals surface area contributed by atoms with Crippen LogP contribution in [0.3, 0.4) is 0 Å². The van der Waals surface area contributed by atoms with Gasteiger partial charge in [-0.1, -0.05) is 0 Å². The summed E-state index contributed by atoms with van der Waals surface area (Å²) in [6.07, 6.45) is 2.11. The molecular formula is C9H16N2O3S. The van der Waals surface area contributed by atoms with Crippen molar-refractivity contribution in [2.45, 2.75) is 37.1 Å². The number of hydrogen-bond donors (Lipinski definition) is 3. The molecule has 0 spiro atoms. The zero-order valence-corrected chi connectivity index (χ0v) is 9.42. The second kappa shape index (κ2) is 5.37. The van der Waals surface area contributed by atoms with E-state index in [2.05, 4.69) is 5.32 Å². The topological polar surface area (TPSA) is 92.4 Å². The monoisotopic (exact) mass is 232 g/mol. The molecular weight excluding hydrogens is 216 g/mol. The van der Waals surface area contributed by atoms with Crippen LogP contribution in [-0.4, -0.2) is 40.1 Å². The van der Waals surface area contributed by atoms with Gasteiger partial charge in [0.2, 0.25) is 5.91 Å². The number of hydrogen-bond acceptors (Lipinski definition) is 4. The second-order valence-corrected chi connectivity index (χ2v) is 5.08. The predicted molar refractivity (Wildman–Crippen MR) is 58.7 cm³/mol. The zero-order valence-electron chi connectivity index (χ0n) is 8.60. The van der Waals surface area contributed by atoms with Crippen LogP contribution in [0.4, 0.5) is 0 Å². The van der Waals surface area contributed by atoms with Gasteiger partial charge >= 0.3 is 5.97 Å². The van der Waals surface area contributed by atoms with Crippen molar-refractivity contribution < 1.29 is 14.7 Å². The van der Waals surface area contributed by atoms with Gasteiger partial charge in [0.05, 0.1) is 5.25 Å². The lowest BCUT2D eigenvalue weighted by Crippen LogP contribution is -2.36. The van der Waals surface area contributed by atoms with Gasteiger partial charge in [-0.25, -0.2) is 0 Å². The Kier molecular flexibility index (Phi) is 4.41. The van der Waals surface area contributed by atoms with E-state index in [1.165, 1.54) is 11.8 Å². The number of nitrogens with one attached hydrogen (secondary N) is 1. The Morgan fingerprint density at radius 1 is 1.60 bits per heavy atom. The summed E-state index contributed by atoms with van der Waals surface area (Å²) >= 11 is 1.27. The van der Waals surface area contributed by atoms with Gasteiger partial charge in [0, 0.05) is 11.8 Å². The minimum atomic E-state index is -1.03. The van der Waals surface area contributed by atoms with Crippen LogP contribution >= 0.6 is 11.8 Å². The first-order valence-electron chi connectivity index (χ1n) is 4.91. The molecule has 15 heavy (non-hydrogen) atoms. The number of amides is 1. The Balaban J connectivity index is 2.18. The summed E-state index contributed by atoms with van der Waals surface area (Å²) in [4.78, 5) is 21.9. The van der Waals surface area contributed by atoms with Crippen molar-refractivity contribution >= 4 is 23.6 Å². The molecule has 0 aromatic carbocycles. The van der Waals surface area contributed by atoms with E-state index in [9.17, 15) is 9.59 Å². The van der Waals surface area contributed by atoms with Gasteiger partial charge in [-0.15, -0.1) is 11.8 Å². The second-order valence-electron chi connectivity index (χ2n) is 3.70. The van der Waals surface area contributed by atoms with Crippen LogP contribution in [0.25, 0.3) is 0 Å². The van der Waals surface area contributed by atoms with Crippen molar-refractivity contribution in [3.05, 3.63) is 0 Å². The summed E-state index contributed by atoms with van der Waals surface area (Å²) in [7, 11) is 0. The molecule has 0 aromatic heterocycles. The lowest BCUT2D eigenvalue weighted by Gasteiger charge is -2.12. The summed E-state index contributed by atoms with van der Waals surface area (Å²) in [5, 5.41) is 11.2. The molecule has 0 heterocycles. The van der Waals surface area contributed by atoms with Gasteiger partial charge in [0.1, 0.15) is 6.04 Å². The van der Waals surface area contributed by atoms with E-state index >= 15 is 0 Å². The van der Waals surface area contributed by atoms with Crippen molar-refractivity contribution in [1.82, 2.24) is 5.32 Å². The fourth-order valence-corrected chi connectivity index (χ4v) is 1.80. The van der Waals surface area contributed by atoms with E-state index in [4.69, 9.17) is 10.8 Å². The Morgan fingerprint density at radius 2 is 2.20 bits per heavy atom. The van der Waals surface area contributed by atoms with Gasteiger partial charge in [-0.2, -0.15) is 0 Å². The molecule has 6 heteroatoms. The van der Waals surface area contributed by atoms with Crippen molar-refractivity contribution in [1.29, 1.82) is 0 Å². The molecule has 5 nitrogen and oxygen atoms in total. The third kappa shape index (κ3) is 4.53. The summed E-state index contributed by atoms with van der Waals surface area (Å²) in [6.45, 7) is 1.76. The van der Waals surface area contributed by atoms with E-state index in [0.29, 0.717) is 6.04 Å².